The molecular formula is C18H29NO2. The first-order valence-electron chi connectivity index (χ1n) is 7.85. The van der Waals surface area contributed by atoms with Gasteiger partial charge in [-0.1, -0.05) is 51.1 Å². The van der Waals surface area contributed by atoms with E-state index >= 15 is 0 Å². The van der Waals surface area contributed by atoms with Gasteiger partial charge in [0.1, 0.15) is 0 Å². The summed E-state index contributed by atoms with van der Waals surface area (Å²) in [7, 11) is 0. The Labute approximate surface area is 129 Å². The minimum Gasteiger partial charge on any atom is -0.348 e. The van der Waals surface area contributed by atoms with Crippen LogP contribution in [0.5, 0.6) is 0 Å². The number of nitrogens with one attached hydrogen (secondary N) is 1. The van der Waals surface area contributed by atoms with Crippen LogP contribution in [0.4, 0.5) is 0 Å². The quantitative estimate of drug-likeness (QED) is 0.892. The van der Waals surface area contributed by atoms with Gasteiger partial charge in [0.05, 0.1) is 12.7 Å². The van der Waals surface area contributed by atoms with Crippen molar-refractivity contribution >= 4 is 0 Å². The molecule has 3 nitrogen and oxygen atoms in total. The molecule has 0 aliphatic carbocycles. The van der Waals surface area contributed by atoms with Crippen molar-refractivity contribution in [1.82, 2.24) is 5.32 Å². The molecule has 118 valence electrons. The first kappa shape index (κ1) is 16.5. The molecule has 0 amide bonds. The van der Waals surface area contributed by atoms with Crippen LogP contribution in [-0.4, -0.2) is 25.0 Å². The highest BCUT2D eigenvalue weighted by Gasteiger charge is 2.33. The standard InChI is InChI=1S/C18H29NO2/c1-17(2,3)11-16(14-9-7-6-8-10-14)19-12-15-13-20-18(4,5)21-15/h6-10,15-16,19H,11-13H2,1-5H3. The van der Waals surface area contributed by atoms with E-state index < -0.39 is 5.79 Å². The zero-order chi connectivity index (χ0) is 15.5. The summed E-state index contributed by atoms with van der Waals surface area (Å²) in [6, 6.07) is 11.0. The Morgan fingerprint density at radius 3 is 2.43 bits per heavy atom. The average molecular weight is 291 g/mol. The van der Waals surface area contributed by atoms with Crippen LogP contribution in [0.3, 0.4) is 0 Å². The molecule has 3 heteroatoms. The van der Waals surface area contributed by atoms with Gasteiger partial charge in [0.2, 0.25) is 0 Å². The number of hydrogen-bond donors (Lipinski definition) is 1. The lowest BCUT2D eigenvalue weighted by Crippen LogP contribution is -2.34. The van der Waals surface area contributed by atoms with Crippen molar-refractivity contribution in [2.24, 2.45) is 5.41 Å². The van der Waals surface area contributed by atoms with E-state index in [1.165, 1.54) is 5.56 Å². The summed E-state index contributed by atoms with van der Waals surface area (Å²) in [6.45, 7) is 12.3. The van der Waals surface area contributed by atoms with E-state index in [2.05, 4.69) is 56.4 Å². The second kappa shape index (κ2) is 6.47. The van der Waals surface area contributed by atoms with Crippen LogP contribution in [0.1, 0.15) is 52.6 Å². The lowest BCUT2D eigenvalue weighted by Gasteiger charge is -2.28. The highest BCUT2D eigenvalue weighted by Crippen LogP contribution is 2.30. The number of benzene rings is 1. The Kier molecular flexibility index (Phi) is 5.07. The fourth-order valence-corrected chi connectivity index (χ4v) is 2.74. The van der Waals surface area contributed by atoms with E-state index in [0.717, 1.165) is 13.0 Å². The molecule has 1 aromatic carbocycles. The third-order valence-corrected chi connectivity index (χ3v) is 3.68. The first-order valence-corrected chi connectivity index (χ1v) is 7.85. The smallest absolute Gasteiger partial charge is 0.163 e. The fourth-order valence-electron chi connectivity index (χ4n) is 2.74. The second-order valence-corrected chi connectivity index (χ2v) is 7.59. The van der Waals surface area contributed by atoms with Gasteiger partial charge in [-0.05, 0) is 31.2 Å². The van der Waals surface area contributed by atoms with E-state index in [9.17, 15) is 0 Å². The second-order valence-electron chi connectivity index (χ2n) is 7.59. The Hall–Kier alpha value is -0.900. The summed E-state index contributed by atoms with van der Waals surface area (Å²) < 4.78 is 11.5. The van der Waals surface area contributed by atoms with Crippen molar-refractivity contribution in [1.29, 1.82) is 0 Å². The molecule has 2 rings (SSSR count). The summed E-state index contributed by atoms with van der Waals surface area (Å²) in [6.07, 6.45) is 1.22. The molecule has 0 spiro atoms. The molecule has 1 saturated heterocycles. The monoisotopic (exact) mass is 291 g/mol. The molecule has 0 aromatic heterocycles. The van der Waals surface area contributed by atoms with Gasteiger partial charge in [-0.2, -0.15) is 0 Å². The Bertz CT molecular complexity index is 436. The largest absolute Gasteiger partial charge is 0.348 e. The van der Waals surface area contributed by atoms with Gasteiger partial charge in [-0.25, -0.2) is 0 Å². The summed E-state index contributed by atoms with van der Waals surface area (Å²) >= 11 is 0. The third-order valence-electron chi connectivity index (χ3n) is 3.68. The predicted molar refractivity (Wildman–Crippen MR) is 86.2 cm³/mol. The summed E-state index contributed by atoms with van der Waals surface area (Å²) in [5, 5.41) is 3.67. The van der Waals surface area contributed by atoms with Gasteiger partial charge >= 0.3 is 0 Å². The molecular weight excluding hydrogens is 262 g/mol. The Balaban J connectivity index is 1.97. The minimum absolute atomic E-state index is 0.131. The van der Waals surface area contributed by atoms with Crippen molar-refractivity contribution in [2.75, 3.05) is 13.2 Å². The van der Waals surface area contributed by atoms with E-state index in [1.807, 2.05) is 13.8 Å². The molecule has 21 heavy (non-hydrogen) atoms. The zero-order valence-electron chi connectivity index (χ0n) is 14.0. The average Bonchev–Trinajstić information content (AvgIpc) is 2.74. The van der Waals surface area contributed by atoms with Gasteiger partial charge in [0, 0.05) is 12.6 Å². The van der Waals surface area contributed by atoms with Gasteiger partial charge in [0.15, 0.2) is 5.79 Å². The molecule has 0 bridgehead atoms. The van der Waals surface area contributed by atoms with Crippen molar-refractivity contribution in [2.45, 2.75) is 59.0 Å². The van der Waals surface area contributed by atoms with Crippen molar-refractivity contribution in [3.63, 3.8) is 0 Å². The first-order chi connectivity index (χ1) is 9.75. The number of ether oxygens (including phenoxy) is 2. The lowest BCUT2D eigenvalue weighted by molar-refractivity contribution is -0.138. The molecule has 1 heterocycles. The van der Waals surface area contributed by atoms with Crippen LogP contribution in [-0.2, 0) is 9.47 Å². The SMILES string of the molecule is CC(C)(C)CC(NCC1COC(C)(C)O1)c1ccccc1. The maximum absolute atomic E-state index is 5.88. The van der Waals surface area contributed by atoms with Crippen LogP contribution >= 0.6 is 0 Å². The molecule has 1 aromatic rings. The van der Waals surface area contributed by atoms with Gasteiger partial charge in [-0.3, -0.25) is 0 Å². The Morgan fingerprint density at radius 2 is 1.90 bits per heavy atom. The number of hydrogen-bond acceptors (Lipinski definition) is 3. The van der Waals surface area contributed by atoms with Crippen molar-refractivity contribution in [3.8, 4) is 0 Å². The topological polar surface area (TPSA) is 30.5 Å². The van der Waals surface area contributed by atoms with E-state index in [4.69, 9.17) is 9.47 Å². The molecule has 0 radical (unpaired) electrons. The van der Waals surface area contributed by atoms with Crippen molar-refractivity contribution in [3.05, 3.63) is 35.9 Å². The molecule has 1 aliphatic heterocycles. The number of rotatable bonds is 5. The summed E-state index contributed by atoms with van der Waals surface area (Å²) in [4.78, 5) is 0. The zero-order valence-corrected chi connectivity index (χ0v) is 14.0. The lowest BCUT2D eigenvalue weighted by atomic mass is 9.85. The maximum atomic E-state index is 5.88. The molecule has 1 N–H and O–H groups in total. The van der Waals surface area contributed by atoms with E-state index in [-0.39, 0.29) is 11.5 Å². The molecule has 1 fully saturated rings. The predicted octanol–water partition coefficient (Wildman–Crippen LogP) is 3.91. The van der Waals surface area contributed by atoms with E-state index in [1.54, 1.807) is 0 Å². The summed E-state index contributed by atoms with van der Waals surface area (Å²) in [5.74, 6) is -0.446. The molecule has 0 saturated carbocycles. The van der Waals surface area contributed by atoms with Crippen LogP contribution in [0.25, 0.3) is 0 Å². The van der Waals surface area contributed by atoms with Gasteiger partial charge in [0.25, 0.3) is 0 Å². The normalized spacial score (nSPS) is 23.2. The molecule has 2 atom stereocenters. The van der Waals surface area contributed by atoms with Crippen LogP contribution in [0, 0.1) is 5.41 Å². The highest BCUT2D eigenvalue weighted by atomic mass is 16.7. The maximum Gasteiger partial charge on any atom is 0.163 e. The Morgan fingerprint density at radius 1 is 1.24 bits per heavy atom. The highest BCUT2D eigenvalue weighted by molar-refractivity contribution is 5.19. The fraction of sp³-hybridized carbons (Fsp3) is 0.667. The molecule has 1 aliphatic rings. The minimum atomic E-state index is -0.446. The summed E-state index contributed by atoms with van der Waals surface area (Å²) in [5.41, 5.74) is 1.62. The van der Waals surface area contributed by atoms with Gasteiger partial charge < -0.3 is 14.8 Å². The third kappa shape index (κ3) is 5.42. The van der Waals surface area contributed by atoms with Crippen molar-refractivity contribution < 1.29 is 9.47 Å². The molecule has 2 unspecified atom stereocenters. The van der Waals surface area contributed by atoms with Crippen LogP contribution < -0.4 is 5.32 Å². The van der Waals surface area contributed by atoms with E-state index in [0.29, 0.717) is 12.6 Å². The van der Waals surface area contributed by atoms with Crippen LogP contribution in [0.15, 0.2) is 30.3 Å². The van der Waals surface area contributed by atoms with Crippen LogP contribution in [0.2, 0.25) is 0 Å². The van der Waals surface area contributed by atoms with Gasteiger partial charge in [-0.15, -0.1) is 0 Å².